The van der Waals surface area contributed by atoms with E-state index in [1.807, 2.05) is 0 Å². The second-order valence-corrected chi connectivity index (χ2v) is 12.5. The Hall–Kier alpha value is -4.91. The summed E-state index contributed by atoms with van der Waals surface area (Å²) in [5.41, 5.74) is 22.5. The zero-order valence-electron chi connectivity index (χ0n) is 28.7. The van der Waals surface area contributed by atoms with Crippen molar-refractivity contribution in [3.05, 3.63) is 35.9 Å². The third kappa shape index (κ3) is 15.3. The molecule has 1 aliphatic heterocycles. The van der Waals surface area contributed by atoms with Gasteiger partial charge in [-0.25, -0.2) is 0 Å². The van der Waals surface area contributed by atoms with E-state index in [-0.39, 0.29) is 56.8 Å². The normalized spacial score (nSPS) is 24.0. The van der Waals surface area contributed by atoms with E-state index in [9.17, 15) is 33.6 Å². The number of primary amides is 1. The number of rotatable bonds is 14. The first-order valence-electron chi connectivity index (χ1n) is 16.8. The van der Waals surface area contributed by atoms with E-state index in [0.29, 0.717) is 24.9 Å². The first kappa shape index (κ1) is 42.3. The molecule has 7 amide bonds. The number of carbonyl (C=O) groups is 7. The molecule has 1 heterocycles. The minimum atomic E-state index is -1.37. The highest BCUT2D eigenvalue weighted by Gasteiger charge is 2.34. The first-order valence-corrected chi connectivity index (χ1v) is 17.4. The molecule has 1 saturated heterocycles. The van der Waals surface area contributed by atoms with E-state index in [4.69, 9.17) is 22.9 Å². The van der Waals surface area contributed by atoms with Gasteiger partial charge in [0.25, 0.3) is 0 Å². The lowest BCUT2D eigenvalue weighted by Crippen LogP contribution is -2.61. The molecule has 1 aromatic carbocycles. The lowest BCUT2D eigenvalue weighted by molar-refractivity contribution is -0.136. The van der Waals surface area contributed by atoms with Crippen LogP contribution in [0.4, 0.5) is 0 Å². The molecule has 6 atom stereocenters. The maximum Gasteiger partial charge on any atom is 0.244 e. The number of guanidine groups is 1. The average Bonchev–Trinajstić information content (AvgIpc) is 3.08. The molecule has 0 spiro atoms. The monoisotopic (exact) mass is 733 g/mol. The van der Waals surface area contributed by atoms with Crippen molar-refractivity contribution in [2.45, 2.75) is 94.5 Å². The molecule has 1 fully saturated rings. The standard InChI is InChI=1S/C32H51N11O7S/c1-18-26(45)42-23(16-19-8-3-2-4-9-19)30(49)41-22(12-13-25(34)44)29(48)40-21(11-7-15-37-32(35)36)27(46)39-20(10-5-6-14-33)28(47)43-24(17-51)31(50)38-18/h2-4,8-9,18,20-24,51H,5-7,10-17,33H2,1H3,(H2,34,44)(H,38,50)(H,39,46)(H,40,48)(H,41,49)(H,42,45)(H,43,47)(H4,35,36,37)/t18-,20-,21-,22-,23-,24-/m0/s1. The summed E-state index contributed by atoms with van der Waals surface area (Å²) >= 11 is 4.21. The van der Waals surface area contributed by atoms with Gasteiger partial charge in [-0.05, 0) is 57.6 Å². The van der Waals surface area contributed by atoms with Crippen LogP contribution in [0.5, 0.6) is 0 Å². The van der Waals surface area contributed by atoms with Gasteiger partial charge in [0.05, 0.1) is 0 Å². The van der Waals surface area contributed by atoms with Crippen molar-refractivity contribution < 1.29 is 33.6 Å². The van der Waals surface area contributed by atoms with Gasteiger partial charge in [-0.2, -0.15) is 12.6 Å². The summed E-state index contributed by atoms with van der Waals surface area (Å²) in [5.74, 6) is -5.55. The summed E-state index contributed by atoms with van der Waals surface area (Å²) in [4.78, 5) is 96.9. The molecule has 282 valence electrons. The predicted molar refractivity (Wildman–Crippen MR) is 193 cm³/mol. The molecule has 0 aromatic heterocycles. The van der Waals surface area contributed by atoms with Crippen LogP contribution in [0.2, 0.25) is 0 Å². The SMILES string of the molecule is C[C@@H]1NC(=O)[C@H](CS)NC(=O)[C@H](CCCCN)NC(=O)[C@H](CCCN=C(N)N)NC(=O)[C@H](CCC(N)=O)NC(=O)[C@H](Cc2ccccc2)NC1=O. The third-order valence-corrected chi connectivity index (χ3v) is 8.32. The topological polar surface area (TPSA) is 308 Å². The van der Waals surface area contributed by atoms with E-state index < -0.39 is 77.6 Å². The Labute approximate surface area is 302 Å². The van der Waals surface area contributed by atoms with Crippen molar-refractivity contribution in [2.24, 2.45) is 27.9 Å². The number of amides is 7. The fourth-order valence-corrected chi connectivity index (χ4v) is 5.37. The highest BCUT2D eigenvalue weighted by Crippen LogP contribution is 2.09. The lowest BCUT2D eigenvalue weighted by Gasteiger charge is -2.28. The van der Waals surface area contributed by atoms with Crippen molar-refractivity contribution in [2.75, 3.05) is 18.8 Å². The molecular formula is C32H51N11O7S. The number of nitrogens with two attached hydrogens (primary N) is 4. The summed E-state index contributed by atoms with van der Waals surface area (Å²) in [6.07, 6.45) is 0.822. The van der Waals surface area contributed by atoms with Crippen LogP contribution < -0.4 is 54.8 Å². The van der Waals surface area contributed by atoms with Gasteiger partial charge in [0, 0.05) is 25.1 Å². The predicted octanol–water partition coefficient (Wildman–Crippen LogP) is -3.45. The van der Waals surface area contributed by atoms with Crippen molar-refractivity contribution in [1.82, 2.24) is 31.9 Å². The molecular weight excluding hydrogens is 682 g/mol. The molecule has 0 bridgehead atoms. The van der Waals surface area contributed by atoms with E-state index in [2.05, 4.69) is 49.5 Å². The van der Waals surface area contributed by atoms with Gasteiger partial charge < -0.3 is 54.8 Å². The highest BCUT2D eigenvalue weighted by molar-refractivity contribution is 7.80. The van der Waals surface area contributed by atoms with Crippen LogP contribution in [0.1, 0.15) is 57.4 Å². The molecule has 1 aromatic rings. The molecule has 14 N–H and O–H groups in total. The summed E-state index contributed by atoms with van der Waals surface area (Å²) in [6.45, 7) is 1.84. The minimum absolute atomic E-state index is 0.0000716. The van der Waals surface area contributed by atoms with Gasteiger partial charge in [-0.15, -0.1) is 0 Å². The maximum atomic E-state index is 13.8. The van der Waals surface area contributed by atoms with Crippen LogP contribution in [0, 0.1) is 0 Å². The lowest BCUT2D eigenvalue weighted by atomic mass is 10.0. The average molecular weight is 734 g/mol. The Morgan fingerprint density at radius 3 is 1.69 bits per heavy atom. The van der Waals surface area contributed by atoms with Gasteiger partial charge in [0.2, 0.25) is 41.4 Å². The zero-order chi connectivity index (χ0) is 37.9. The summed E-state index contributed by atoms with van der Waals surface area (Å²) < 4.78 is 0. The first-order chi connectivity index (χ1) is 24.2. The number of hydrogen-bond donors (Lipinski definition) is 11. The molecule has 51 heavy (non-hydrogen) atoms. The Morgan fingerprint density at radius 2 is 1.16 bits per heavy atom. The Bertz CT molecular complexity index is 1390. The fraction of sp³-hybridized carbons (Fsp3) is 0.562. The van der Waals surface area contributed by atoms with Crippen molar-refractivity contribution in [3.8, 4) is 0 Å². The second-order valence-electron chi connectivity index (χ2n) is 12.1. The number of carbonyl (C=O) groups excluding carboxylic acids is 7. The van der Waals surface area contributed by atoms with Crippen LogP contribution >= 0.6 is 12.6 Å². The smallest absolute Gasteiger partial charge is 0.244 e. The molecule has 1 aliphatic rings. The van der Waals surface area contributed by atoms with Crippen LogP contribution in [-0.2, 0) is 40.0 Å². The number of aliphatic imine (C=N–C) groups is 1. The van der Waals surface area contributed by atoms with E-state index in [1.165, 1.54) is 6.92 Å². The van der Waals surface area contributed by atoms with E-state index >= 15 is 0 Å². The second kappa shape index (κ2) is 22.0. The van der Waals surface area contributed by atoms with Gasteiger partial charge in [0.15, 0.2) is 5.96 Å². The molecule has 0 aliphatic carbocycles. The molecule has 2 rings (SSSR count). The third-order valence-electron chi connectivity index (χ3n) is 7.95. The minimum Gasteiger partial charge on any atom is -0.370 e. The number of benzene rings is 1. The summed E-state index contributed by atoms with van der Waals surface area (Å²) in [7, 11) is 0. The fourth-order valence-electron chi connectivity index (χ4n) is 5.11. The van der Waals surface area contributed by atoms with Crippen molar-refractivity contribution in [1.29, 1.82) is 0 Å². The van der Waals surface area contributed by atoms with Gasteiger partial charge in [0.1, 0.15) is 36.3 Å². The van der Waals surface area contributed by atoms with Crippen LogP contribution in [0.3, 0.4) is 0 Å². The number of hydrogen-bond acceptors (Lipinski definition) is 10. The summed E-state index contributed by atoms with van der Waals surface area (Å²) in [5, 5.41) is 15.6. The van der Waals surface area contributed by atoms with Crippen molar-refractivity contribution in [3.63, 3.8) is 0 Å². The van der Waals surface area contributed by atoms with Gasteiger partial charge >= 0.3 is 0 Å². The van der Waals surface area contributed by atoms with E-state index in [1.54, 1.807) is 30.3 Å². The molecule has 19 heteroatoms. The number of thiol groups is 1. The van der Waals surface area contributed by atoms with Crippen molar-refractivity contribution >= 4 is 59.9 Å². The van der Waals surface area contributed by atoms with Crippen LogP contribution in [-0.4, -0.2) is 102 Å². The Morgan fingerprint density at radius 1 is 0.667 bits per heavy atom. The highest BCUT2D eigenvalue weighted by atomic mass is 32.1. The number of unbranched alkanes of at least 4 members (excludes halogenated alkanes) is 1. The van der Waals surface area contributed by atoms with Gasteiger partial charge in [-0.3, -0.25) is 38.6 Å². The summed E-state index contributed by atoms with van der Waals surface area (Å²) in [6, 6.07) is 1.35. The molecule has 0 saturated carbocycles. The quantitative estimate of drug-likeness (QED) is 0.0389. The molecule has 0 radical (unpaired) electrons. The van der Waals surface area contributed by atoms with Crippen LogP contribution in [0.25, 0.3) is 0 Å². The molecule has 0 unspecified atom stereocenters. The number of nitrogens with zero attached hydrogens (tertiary/aromatic N) is 1. The Kier molecular flexibility index (Phi) is 18.2. The molecule has 18 nitrogen and oxygen atoms in total. The Balaban J connectivity index is 2.57. The largest absolute Gasteiger partial charge is 0.370 e. The van der Waals surface area contributed by atoms with E-state index in [0.717, 1.165) is 0 Å². The maximum absolute atomic E-state index is 13.8. The zero-order valence-corrected chi connectivity index (χ0v) is 29.6. The van der Waals surface area contributed by atoms with Crippen LogP contribution in [0.15, 0.2) is 35.3 Å². The van der Waals surface area contributed by atoms with Gasteiger partial charge in [-0.1, -0.05) is 30.3 Å². The number of nitrogens with one attached hydrogen (secondary N) is 6.